The second-order valence-corrected chi connectivity index (χ2v) is 10.9. The largest absolute Gasteiger partial charge is 0.454 e. The van der Waals surface area contributed by atoms with Gasteiger partial charge in [0.2, 0.25) is 21.8 Å². The average Bonchev–Trinajstić information content (AvgIpc) is 3.49. The Balaban J connectivity index is 1.21. The Bertz CT molecular complexity index is 1280. The van der Waals surface area contributed by atoms with Crippen LogP contribution in [-0.4, -0.2) is 48.7 Å². The van der Waals surface area contributed by atoms with Crippen molar-refractivity contribution in [2.75, 3.05) is 25.2 Å². The van der Waals surface area contributed by atoms with E-state index in [1.165, 1.54) is 15.6 Å². The highest BCUT2D eigenvalue weighted by Crippen LogP contribution is 2.35. The minimum Gasteiger partial charge on any atom is -0.454 e. The van der Waals surface area contributed by atoms with Crippen LogP contribution in [-0.2, 0) is 10.0 Å². The van der Waals surface area contributed by atoms with E-state index in [0.29, 0.717) is 48.0 Å². The first-order chi connectivity index (χ1) is 15.9. The fourth-order valence-electron chi connectivity index (χ4n) is 3.85. The molecule has 1 amide bonds. The maximum absolute atomic E-state index is 12.9. The fourth-order valence-corrected chi connectivity index (χ4v) is 6.23. The molecule has 33 heavy (non-hydrogen) atoms. The van der Waals surface area contributed by atoms with Crippen LogP contribution in [0.5, 0.6) is 11.5 Å². The lowest BCUT2D eigenvalue weighted by molar-refractivity contribution is 0.102. The lowest BCUT2D eigenvalue weighted by Gasteiger charge is -2.30. The molecule has 1 fully saturated rings. The van der Waals surface area contributed by atoms with Gasteiger partial charge in [0.05, 0.1) is 4.90 Å². The van der Waals surface area contributed by atoms with Gasteiger partial charge in [0, 0.05) is 30.8 Å². The molecule has 0 saturated carbocycles. The SMILES string of the molecule is Cc1ccc(S(=O)(=O)N2CCC(c3nnc(C(=O)Nc4ccc5c(c4)OCO5)s3)CC2)cc1. The van der Waals surface area contributed by atoms with Crippen molar-refractivity contribution in [2.24, 2.45) is 0 Å². The summed E-state index contributed by atoms with van der Waals surface area (Å²) >= 11 is 1.24. The first kappa shape index (κ1) is 21.8. The van der Waals surface area contributed by atoms with E-state index in [4.69, 9.17) is 9.47 Å². The molecule has 3 heterocycles. The number of ether oxygens (including phenoxy) is 2. The van der Waals surface area contributed by atoms with Crippen LogP contribution in [0.2, 0.25) is 0 Å². The zero-order valence-corrected chi connectivity index (χ0v) is 19.5. The van der Waals surface area contributed by atoms with Gasteiger partial charge in [-0.05, 0) is 44.0 Å². The summed E-state index contributed by atoms with van der Waals surface area (Å²) in [5, 5.41) is 12.1. The smallest absolute Gasteiger partial charge is 0.286 e. The number of fused-ring (bicyclic) bond motifs is 1. The predicted octanol–water partition coefficient (Wildman–Crippen LogP) is 3.40. The number of rotatable bonds is 5. The summed E-state index contributed by atoms with van der Waals surface area (Å²) < 4.78 is 37.9. The van der Waals surface area contributed by atoms with Gasteiger partial charge in [-0.2, -0.15) is 4.31 Å². The van der Waals surface area contributed by atoms with E-state index in [2.05, 4.69) is 15.5 Å². The van der Waals surface area contributed by atoms with E-state index in [-0.39, 0.29) is 23.6 Å². The number of nitrogens with one attached hydrogen (secondary N) is 1. The summed E-state index contributed by atoms with van der Waals surface area (Å²) in [6.07, 6.45) is 1.26. The van der Waals surface area contributed by atoms with E-state index in [1.807, 2.05) is 6.92 Å². The highest BCUT2D eigenvalue weighted by Gasteiger charge is 2.31. The Morgan fingerprint density at radius 3 is 2.55 bits per heavy atom. The maximum atomic E-state index is 12.9. The number of benzene rings is 2. The Labute approximate surface area is 195 Å². The van der Waals surface area contributed by atoms with Crippen molar-refractivity contribution in [2.45, 2.75) is 30.6 Å². The zero-order chi connectivity index (χ0) is 23.0. The summed E-state index contributed by atoms with van der Waals surface area (Å²) in [6, 6.07) is 12.1. The van der Waals surface area contributed by atoms with E-state index < -0.39 is 10.0 Å². The van der Waals surface area contributed by atoms with Gasteiger partial charge in [0.1, 0.15) is 5.01 Å². The van der Waals surface area contributed by atoms with Gasteiger partial charge in [0.25, 0.3) is 5.91 Å². The third-order valence-corrected chi connectivity index (χ3v) is 8.72. The topological polar surface area (TPSA) is 111 Å². The van der Waals surface area contributed by atoms with Crippen LogP contribution < -0.4 is 14.8 Å². The molecule has 172 valence electrons. The molecular weight excluding hydrogens is 464 g/mol. The number of anilines is 1. The predicted molar refractivity (Wildman–Crippen MR) is 122 cm³/mol. The van der Waals surface area contributed by atoms with Crippen LogP contribution in [0.25, 0.3) is 0 Å². The molecule has 1 N–H and O–H groups in total. The lowest BCUT2D eigenvalue weighted by atomic mass is 9.99. The molecule has 1 aromatic heterocycles. The Morgan fingerprint density at radius 1 is 1.06 bits per heavy atom. The van der Waals surface area contributed by atoms with Crippen molar-refractivity contribution in [3.63, 3.8) is 0 Å². The molecule has 0 aliphatic carbocycles. The molecule has 0 radical (unpaired) electrons. The molecule has 2 aliphatic rings. The van der Waals surface area contributed by atoms with Crippen molar-refractivity contribution in [1.29, 1.82) is 0 Å². The number of hydrogen-bond donors (Lipinski definition) is 1. The zero-order valence-electron chi connectivity index (χ0n) is 17.9. The van der Waals surface area contributed by atoms with Crippen LogP contribution >= 0.6 is 11.3 Å². The third-order valence-electron chi connectivity index (χ3n) is 5.73. The molecule has 2 aromatic carbocycles. The van der Waals surface area contributed by atoms with Gasteiger partial charge >= 0.3 is 0 Å². The van der Waals surface area contributed by atoms with E-state index >= 15 is 0 Å². The van der Waals surface area contributed by atoms with E-state index in [1.54, 1.807) is 42.5 Å². The number of piperidine rings is 1. The highest BCUT2D eigenvalue weighted by atomic mass is 32.2. The average molecular weight is 487 g/mol. The molecule has 3 aromatic rings. The molecular formula is C22H22N4O5S2. The monoisotopic (exact) mass is 486 g/mol. The number of aryl methyl sites for hydroxylation is 1. The summed E-state index contributed by atoms with van der Waals surface area (Å²) in [5.41, 5.74) is 1.60. The molecule has 11 heteroatoms. The summed E-state index contributed by atoms with van der Waals surface area (Å²) in [5.74, 6) is 0.941. The molecule has 5 rings (SSSR count). The number of hydrogen-bond acceptors (Lipinski definition) is 8. The Kier molecular flexibility index (Phi) is 5.77. The second-order valence-electron chi connectivity index (χ2n) is 7.96. The quantitative estimate of drug-likeness (QED) is 0.588. The molecule has 0 atom stereocenters. The highest BCUT2D eigenvalue weighted by molar-refractivity contribution is 7.89. The minimum atomic E-state index is -3.51. The van der Waals surface area contributed by atoms with Gasteiger partial charge < -0.3 is 14.8 Å². The molecule has 0 spiro atoms. The number of sulfonamides is 1. The van der Waals surface area contributed by atoms with Crippen molar-refractivity contribution in [1.82, 2.24) is 14.5 Å². The molecule has 0 bridgehead atoms. The van der Waals surface area contributed by atoms with Crippen molar-refractivity contribution >= 4 is 33.0 Å². The van der Waals surface area contributed by atoms with E-state index in [9.17, 15) is 13.2 Å². The Hall–Kier alpha value is -3.02. The molecule has 2 aliphatic heterocycles. The summed E-state index contributed by atoms with van der Waals surface area (Å²) in [7, 11) is -3.51. The van der Waals surface area contributed by atoms with Crippen LogP contribution in [0.3, 0.4) is 0 Å². The lowest BCUT2D eigenvalue weighted by Crippen LogP contribution is -2.37. The van der Waals surface area contributed by atoms with Gasteiger partial charge in [0.15, 0.2) is 11.5 Å². The Morgan fingerprint density at radius 2 is 1.79 bits per heavy atom. The van der Waals surface area contributed by atoms with Crippen LogP contribution in [0.4, 0.5) is 5.69 Å². The number of carbonyl (C=O) groups excluding carboxylic acids is 1. The fraction of sp³-hybridized carbons (Fsp3) is 0.318. The first-order valence-electron chi connectivity index (χ1n) is 10.5. The van der Waals surface area contributed by atoms with Gasteiger partial charge in [-0.15, -0.1) is 10.2 Å². The van der Waals surface area contributed by atoms with Gasteiger partial charge in [-0.1, -0.05) is 29.0 Å². The molecule has 9 nitrogen and oxygen atoms in total. The van der Waals surface area contributed by atoms with Crippen LogP contribution in [0.1, 0.15) is 39.1 Å². The molecule has 1 saturated heterocycles. The summed E-state index contributed by atoms with van der Waals surface area (Å²) in [4.78, 5) is 12.9. The number of nitrogens with zero attached hydrogens (tertiary/aromatic N) is 3. The van der Waals surface area contributed by atoms with E-state index in [0.717, 1.165) is 10.6 Å². The molecule has 0 unspecified atom stereocenters. The van der Waals surface area contributed by atoms with Gasteiger partial charge in [-0.25, -0.2) is 8.42 Å². The minimum absolute atomic E-state index is 0.0686. The number of carbonyl (C=O) groups is 1. The van der Waals surface area contributed by atoms with Crippen LogP contribution in [0, 0.1) is 6.92 Å². The van der Waals surface area contributed by atoms with Crippen molar-refractivity contribution < 1.29 is 22.7 Å². The number of amides is 1. The standard InChI is InChI=1S/C22H22N4O5S2/c1-14-2-5-17(6-3-14)33(28,29)26-10-8-15(9-11-26)21-24-25-22(32-21)20(27)23-16-4-7-18-19(12-16)31-13-30-18/h2-7,12,15H,8-11,13H2,1H3,(H,23,27). The van der Waals surface area contributed by atoms with Gasteiger partial charge in [-0.3, -0.25) is 4.79 Å². The van der Waals surface area contributed by atoms with Crippen molar-refractivity contribution in [3.8, 4) is 11.5 Å². The normalized spacial score (nSPS) is 16.6. The first-order valence-corrected chi connectivity index (χ1v) is 12.8. The number of aromatic nitrogens is 2. The maximum Gasteiger partial charge on any atom is 0.286 e. The third kappa shape index (κ3) is 4.43. The van der Waals surface area contributed by atoms with Crippen LogP contribution in [0.15, 0.2) is 47.4 Å². The summed E-state index contributed by atoms with van der Waals surface area (Å²) in [6.45, 7) is 2.89. The second kappa shape index (κ2) is 8.73. The van der Waals surface area contributed by atoms with Crippen molar-refractivity contribution in [3.05, 3.63) is 58.0 Å².